The molecule has 0 fully saturated rings. The largest absolute Gasteiger partial charge is 0.550 e. The van der Waals surface area contributed by atoms with Crippen molar-refractivity contribution in [2.45, 2.75) is 13.3 Å². The van der Waals surface area contributed by atoms with Crippen LogP contribution in [0.2, 0.25) is 0 Å². The molecule has 0 aliphatic heterocycles. The van der Waals surface area contributed by atoms with Crippen molar-refractivity contribution in [1.29, 1.82) is 0 Å². The van der Waals surface area contributed by atoms with Crippen molar-refractivity contribution >= 4 is 41.3 Å². The molecule has 0 radical (unpaired) electrons. The molecular weight excluding hydrogens is 330 g/mol. The second-order valence-corrected chi connectivity index (χ2v) is 6.23. The SMILES string of the molecule is COc1ccc(C(C)=N/C(=C(\S)CC(=O)[O-])c2cccs2)cc1. The topological polar surface area (TPSA) is 61.7 Å². The van der Waals surface area contributed by atoms with Crippen molar-refractivity contribution in [3.05, 3.63) is 57.1 Å². The number of carbonyl (C=O) groups excluding carboxylic acids is 1. The first-order chi connectivity index (χ1) is 11.0. The van der Waals surface area contributed by atoms with Crippen molar-refractivity contribution in [3.8, 4) is 5.75 Å². The molecule has 0 amide bonds. The molecule has 0 spiro atoms. The Morgan fingerprint density at radius 1 is 1.30 bits per heavy atom. The third kappa shape index (κ3) is 4.71. The fraction of sp³-hybridized carbons (Fsp3) is 0.176. The van der Waals surface area contributed by atoms with Gasteiger partial charge in [-0.1, -0.05) is 6.07 Å². The van der Waals surface area contributed by atoms with Crippen LogP contribution in [0.25, 0.3) is 5.70 Å². The van der Waals surface area contributed by atoms with Gasteiger partial charge >= 0.3 is 0 Å². The van der Waals surface area contributed by atoms with Gasteiger partial charge in [0.15, 0.2) is 0 Å². The summed E-state index contributed by atoms with van der Waals surface area (Å²) in [5, 5.41) is 12.8. The van der Waals surface area contributed by atoms with Crippen LogP contribution in [-0.2, 0) is 4.79 Å². The van der Waals surface area contributed by atoms with Gasteiger partial charge in [0, 0.05) is 23.0 Å². The Labute approximate surface area is 144 Å². The van der Waals surface area contributed by atoms with E-state index in [4.69, 9.17) is 4.74 Å². The highest BCUT2D eigenvalue weighted by atomic mass is 32.1. The van der Waals surface area contributed by atoms with Gasteiger partial charge in [-0.2, -0.15) is 0 Å². The summed E-state index contributed by atoms with van der Waals surface area (Å²) in [5.41, 5.74) is 2.25. The van der Waals surface area contributed by atoms with E-state index in [1.54, 1.807) is 7.11 Å². The number of hydrogen-bond acceptors (Lipinski definition) is 6. The summed E-state index contributed by atoms with van der Waals surface area (Å²) in [4.78, 5) is 16.7. The van der Waals surface area contributed by atoms with Gasteiger partial charge in [-0.3, -0.25) is 4.99 Å². The lowest BCUT2D eigenvalue weighted by molar-refractivity contribution is -0.304. The molecule has 0 saturated heterocycles. The van der Waals surface area contributed by atoms with E-state index in [-0.39, 0.29) is 6.42 Å². The number of carboxylic acids is 1. The smallest absolute Gasteiger partial charge is 0.118 e. The number of hydrogen-bond donors (Lipinski definition) is 1. The number of thiophene rings is 1. The fourth-order valence-electron chi connectivity index (χ4n) is 1.96. The van der Waals surface area contributed by atoms with Crippen LogP contribution in [0.3, 0.4) is 0 Å². The first-order valence-electron chi connectivity index (χ1n) is 6.87. The first kappa shape index (κ1) is 17.3. The summed E-state index contributed by atoms with van der Waals surface area (Å²) < 4.78 is 5.14. The van der Waals surface area contributed by atoms with Crippen molar-refractivity contribution in [2.24, 2.45) is 4.99 Å². The second kappa shape index (κ2) is 7.99. The van der Waals surface area contributed by atoms with Gasteiger partial charge in [0.1, 0.15) is 5.75 Å². The molecule has 2 aromatic rings. The van der Waals surface area contributed by atoms with Crippen molar-refractivity contribution < 1.29 is 14.6 Å². The van der Waals surface area contributed by atoms with Gasteiger partial charge in [0.25, 0.3) is 0 Å². The number of nitrogens with zero attached hydrogens (tertiary/aromatic N) is 1. The van der Waals surface area contributed by atoms with E-state index < -0.39 is 5.97 Å². The van der Waals surface area contributed by atoms with E-state index in [9.17, 15) is 9.90 Å². The molecule has 0 aliphatic carbocycles. The number of ether oxygens (including phenoxy) is 1. The quantitative estimate of drug-likeness (QED) is 0.646. The van der Waals surface area contributed by atoms with Crippen LogP contribution in [0.15, 0.2) is 51.7 Å². The highest BCUT2D eigenvalue weighted by Crippen LogP contribution is 2.29. The highest BCUT2D eigenvalue weighted by Gasteiger charge is 2.09. The molecule has 6 heteroatoms. The van der Waals surface area contributed by atoms with Crippen LogP contribution in [0.5, 0.6) is 5.75 Å². The summed E-state index contributed by atoms with van der Waals surface area (Å²) in [6.45, 7) is 1.87. The predicted molar refractivity (Wildman–Crippen MR) is 95.1 cm³/mol. The molecule has 0 bridgehead atoms. The summed E-state index contributed by atoms with van der Waals surface area (Å²) in [7, 11) is 1.61. The molecule has 0 saturated carbocycles. The molecule has 0 atom stereocenters. The normalized spacial score (nSPS) is 12.7. The number of rotatable bonds is 6. The molecule has 23 heavy (non-hydrogen) atoms. The lowest BCUT2D eigenvalue weighted by Crippen LogP contribution is -2.21. The van der Waals surface area contributed by atoms with Crippen LogP contribution in [0, 0.1) is 0 Å². The Morgan fingerprint density at radius 3 is 2.52 bits per heavy atom. The van der Waals surface area contributed by atoms with E-state index in [0.29, 0.717) is 10.6 Å². The zero-order valence-corrected chi connectivity index (χ0v) is 14.5. The summed E-state index contributed by atoms with van der Waals surface area (Å²) in [6.07, 6.45) is -0.268. The Hall–Kier alpha value is -2.05. The van der Waals surface area contributed by atoms with Crippen LogP contribution in [0.4, 0.5) is 0 Å². The zero-order valence-electron chi connectivity index (χ0n) is 12.8. The average Bonchev–Trinajstić information content (AvgIpc) is 3.05. The molecule has 1 heterocycles. The third-order valence-corrected chi connectivity index (χ3v) is 4.37. The monoisotopic (exact) mass is 346 g/mol. The lowest BCUT2D eigenvalue weighted by atomic mass is 10.1. The third-order valence-electron chi connectivity index (χ3n) is 3.13. The van der Waals surface area contributed by atoms with E-state index in [2.05, 4.69) is 17.6 Å². The van der Waals surface area contributed by atoms with Crippen molar-refractivity contribution in [1.82, 2.24) is 0 Å². The Bertz CT molecular complexity index is 732. The minimum Gasteiger partial charge on any atom is -0.550 e. The van der Waals surface area contributed by atoms with Crippen molar-refractivity contribution in [2.75, 3.05) is 7.11 Å². The van der Waals surface area contributed by atoms with Gasteiger partial charge in [0.2, 0.25) is 0 Å². The Morgan fingerprint density at radius 2 is 2.00 bits per heavy atom. The number of methoxy groups -OCH3 is 1. The number of thiol groups is 1. The summed E-state index contributed by atoms with van der Waals surface area (Å²) in [5.74, 6) is -0.413. The molecule has 2 rings (SSSR count). The lowest BCUT2D eigenvalue weighted by Gasteiger charge is -2.09. The van der Waals surface area contributed by atoms with E-state index in [0.717, 1.165) is 21.9 Å². The maximum atomic E-state index is 10.9. The predicted octanol–water partition coefficient (Wildman–Crippen LogP) is 3.00. The Balaban J connectivity index is 2.41. The maximum absolute atomic E-state index is 10.9. The minimum absolute atomic E-state index is 0.268. The minimum atomic E-state index is -1.18. The van der Waals surface area contributed by atoms with Crippen LogP contribution in [0.1, 0.15) is 23.8 Å². The Kier molecular flexibility index (Phi) is 6.01. The fourth-order valence-corrected chi connectivity index (χ4v) is 3.08. The molecule has 120 valence electrons. The number of aliphatic imine (C=N–C) groups is 1. The molecular formula is C17H16NO3S2-. The number of carbonyl (C=O) groups is 1. The van der Waals surface area contributed by atoms with Gasteiger partial charge < -0.3 is 14.6 Å². The van der Waals surface area contributed by atoms with Crippen molar-refractivity contribution in [3.63, 3.8) is 0 Å². The van der Waals surface area contributed by atoms with E-state index >= 15 is 0 Å². The van der Waals surface area contributed by atoms with Gasteiger partial charge in [0.05, 0.1) is 17.7 Å². The second-order valence-electron chi connectivity index (χ2n) is 4.75. The van der Waals surface area contributed by atoms with Crippen LogP contribution < -0.4 is 9.84 Å². The van der Waals surface area contributed by atoms with Crippen LogP contribution in [-0.4, -0.2) is 18.8 Å². The number of benzene rings is 1. The number of carboxylic acid groups (broad SMARTS) is 1. The average molecular weight is 346 g/mol. The first-order valence-corrected chi connectivity index (χ1v) is 8.19. The van der Waals surface area contributed by atoms with Crippen LogP contribution >= 0.6 is 24.0 Å². The van der Waals surface area contributed by atoms with E-state index in [1.165, 1.54) is 11.3 Å². The van der Waals surface area contributed by atoms with Gasteiger partial charge in [-0.05, 0) is 48.2 Å². The number of aliphatic carboxylic acids is 1. The highest BCUT2D eigenvalue weighted by molar-refractivity contribution is 7.84. The maximum Gasteiger partial charge on any atom is 0.118 e. The summed E-state index contributed by atoms with van der Waals surface area (Å²) in [6, 6.07) is 11.3. The molecule has 0 unspecified atom stereocenters. The van der Waals surface area contributed by atoms with Gasteiger partial charge in [-0.25, -0.2) is 0 Å². The summed E-state index contributed by atoms with van der Waals surface area (Å²) >= 11 is 5.79. The molecule has 4 nitrogen and oxygen atoms in total. The molecule has 0 N–H and O–H groups in total. The zero-order chi connectivity index (χ0) is 16.8. The molecule has 0 aliphatic rings. The van der Waals surface area contributed by atoms with E-state index in [1.807, 2.05) is 48.7 Å². The van der Waals surface area contributed by atoms with Gasteiger partial charge in [-0.15, -0.1) is 24.0 Å². The molecule has 1 aromatic carbocycles. The standard InChI is InChI=1S/C17H17NO3S2/c1-11(12-5-7-13(21-2)8-6-12)18-17(14(22)10-16(19)20)15-4-3-9-23-15/h3-9,22H,10H2,1-2H3,(H,19,20)/p-1/b17-14-,18-11?. The molecule has 1 aromatic heterocycles.